The third kappa shape index (κ3) is 2.03. The van der Waals surface area contributed by atoms with Crippen LogP contribution in [0.15, 0.2) is 24.7 Å². The molecule has 0 N–H and O–H groups in total. The van der Waals surface area contributed by atoms with Gasteiger partial charge in [0.1, 0.15) is 11.9 Å². The summed E-state index contributed by atoms with van der Waals surface area (Å²) in [6, 6.07) is 3.48. The smallest absolute Gasteiger partial charge is 0.254 e. The van der Waals surface area contributed by atoms with Gasteiger partial charge in [-0.3, -0.25) is 9.59 Å². The van der Waals surface area contributed by atoms with Crippen molar-refractivity contribution in [3.05, 3.63) is 30.2 Å². The van der Waals surface area contributed by atoms with Crippen LogP contribution in [-0.4, -0.2) is 61.9 Å². The molecule has 0 saturated carbocycles. The molecular weight excluding hydrogens is 294 g/mol. The summed E-state index contributed by atoms with van der Waals surface area (Å²) in [4.78, 5) is 33.5. The number of likely N-dealkylation sites (tertiary alicyclic amines) is 2. The molecule has 0 aliphatic carbocycles. The quantitative estimate of drug-likeness (QED) is 0.786. The third-order valence-corrected chi connectivity index (χ3v) is 5.09. The van der Waals surface area contributed by atoms with Crippen molar-refractivity contribution in [2.45, 2.75) is 31.2 Å². The zero-order valence-corrected chi connectivity index (χ0v) is 13.1. The second-order valence-electron chi connectivity index (χ2n) is 6.40. The number of rotatable bonds is 1. The van der Waals surface area contributed by atoms with E-state index < -0.39 is 5.54 Å². The Kier molecular flexibility index (Phi) is 3.11. The lowest BCUT2D eigenvalue weighted by atomic mass is 9.85. The maximum absolute atomic E-state index is 13.0. The van der Waals surface area contributed by atoms with Gasteiger partial charge in [0.15, 0.2) is 5.65 Å². The third-order valence-electron chi connectivity index (χ3n) is 5.09. The molecule has 23 heavy (non-hydrogen) atoms. The van der Waals surface area contributed by atoms with E-state index in [4.69, 9.17) is 0 Å². The van der Waals surface area contributed by atoms with Crippen LogP contribution in [0.4, 0.5) is 0 Å². The van der Waals surface area contributed by atoms with Crippen molar-refractivity contribution in [1.82, 2.24) is 24.4 Å². The zero-order chi connectivity index (χ0) is 16.0. The predicted molar refractivity (Wildman–Crippen MR) is 82.9 cm³/mol. The minimum absolute atomic E-state index is 0.0816. The van der Waals surface area contributed by atoms with Crippen molar-refractivity contribution in [3.8, 4) is 0 Å². The maximum Gasteiger partial charge on any atom is 0.254 e. The summed E-state index contributed by atoms with van der Waals surface area (Å²) in [5.41, 5.74) is 0.549. The monoisotopic (exact) mass is 313 g/mol. The van der Waals surface area contributed by atoms with Crippen LogP contribution in [0.3, 0.4) is 0 Å². The summed E-state index contributed by atoms with van der Waals surface area (Å²) < 4.78 is 1.62. The molecule has 1 unspecified atom stereocenters. The molecule has 7 nitrogen and oxygen atoms in total. The van der Waals surface area contributed by atoms with Gasteiger partial charge in [-0.2, -0.15) is 5.10 Å². The van der Waals surface area contributed by atoms with Gasteiger partial charge in [0.05, 0.1) is 0 Å². The number of aromatic nitrogens is 3. The number of piperidine rings is 1. The highest BCUT2D eigenvalue weighted by Crippen LogP contribution is 2.38. The SMILES string of the molecule is CN1CCCC2(CCCN2C(=O)c2ccn3ncnc3c2)C1=O. The van der Waals surface area contributed by atoms with Gasteiger partial charge in [-0.05, 0) is 37.8 Å². The van der Waals surface area contributed by atoms with E-state index >= 15 is 0 Å². The number of amides is 2. The Bertz CT molecular complexity index is 786. The second kappa shape index (κ2) is 5.04. The van der Waals surface area contributed by atoms with Gasteiger partial charge in [-0.15, -0.1) is 0 Å². The summed E-state index contributed by atoms with van der Waals surface area (Å²) in [7, 11) is 1.83. The average Bonchev–Trinajstić information content (AvgIpc) is 3.18. The standard InChI is InChI=1S/C16H19N5O2/c1-19-7-2-5-16(15(19)23)6-3-8-20(16)14(22)12-4-9-21-13(10-12)17-11-18-21/h4,9-11H,2-3,5-8H2,1H3. The van der Waals surface area contributed by atoms with E-state index in [1.165, 1.54) is 6.33 Å². The van der Waals surface area contributed by atoms with Crippen LogP contribution in [0.25, 0.3) is 5.65 Å². The van der Waals surface area contributed by atoms with Crippen LogP contribution in [0.5, 0.6) is 0 Å². The first-order valence-corrected chi connectivity index (χ1v) is 7.99. The summed E-state index contributed by atoms with van der Waals surface area (Å²) in [5, 5.41) is 4.04. The van der Waals surface area contributed by atoms with Gasteiger partial charge in [-0.25, -0.2) is 9.50 Å². The minimum Gasteiger partial charge on any atom is -0.344 e. The summed E-state index contributed by atoms with van der Waals surface area (Å²) >= 11 is 0. The fourth-order valence-electron chi connectivity index (χ4n) is 3.93. The summed E-state index contributed by atoms with van der Waals surface area (Å²) in [6.45, 7) is 1.41. The highest BCUT2D eigenvalue weighted by molar-refractivity contribution is 6.00. The Hall–Kier alpha value is -2.44. The molecule has 2 saturated heterocycles. The second-order valence-corrected chi connectivity index (χ2v) is 6.40. The number of hydrogen-bond donors (Lipinski definition) is 0. The molecule has 2 fully saturated rings. The largest absolute Gasteiger partial charge is 0.344 e. The molecule has 2 aromatic heterocycles. The molecule has 1 spiro atoms. The lowest BCUT2D eigenvalue weighted by Gasteiger charge is -2.43. The highest BCUT2D eigenvalue weighted by atomic mass is 16.2. The highest BCUT2D eigenvalue weighted by Gasteiger charge is 2.52. The van der Waals surface area contributed by atoms with Crippen molar-refractivity contribution < 1.29 is 9.59 Å². The van der Waals surface area contributed by atoms with Gasteiger partial charge in [0, 0.05) is 31.9 Å². The molecule has 1 atom stereocenters. The first kappa shape index (κ1) is 14.2. The number of nitrogens with zero attached hydrogens (tertiary/aromatic N) is 5. The van der Waals surface area contributed by atoms with Crippen molar-refractivity contribution >= 4 is 17.5 Å². The van der Waals surface area contributed by atoms with Gasteiger partial charge in [0.2, 0.25) is 5.91 Å². The van der Waals surface area contributed by atoms with Gasteiger partial charge in [-0.1, -0.05) is 0 Å². The number of pyridine rings is 1. The molecule has 0 aromatic carbocycles. The van der Waals surface area contributed by atoms with Crippen molar-refractivity contribution in [2.24, 2.45) is 0 Å². The van der Waals surface area contributed by atoms with E-state index in [2.05, 4.69) is 10.1 Å². The van der Waals surface area contributed by atoms with E-state index in [0.29, 0.717) is 17.8 Å². The molecule has 7 heteroatoms. The Labute approximate surface area is 133 Å². The molecule has 0 bridgehead atoms. The van der Waals surface area contributed by atoms with Crippen LogP contribution in [0.2, 0.25) is 0 Å². The fourth-order valence-corrected chi connectivity index (χ4v) is 3.93. The normalized spacial score (nSPS) is 24.8. The minimum atomic E-state index is -0.649. The van der Waals surface area contributed by atoms with Crippen LogP contribution in [-0.2, 0) is 4.79 Å². The molecule has 4 rings (SSSR count). The van der Waals surface area contributed by atoms with Crippen molar-refractivity contribution in [3.63, 3.8) is 0 Å². The van der Waals surface area contributed by atoms with E-state index in [9.17, 15) is 9.59 Å². The molecule has 2 aromatic rings. The molecule has 120 valence electrons. The fraction of sp³-hybridized carbons (Fsp3) is 0.500. The Balaban J connectivity index is 1.70. The molecule has 2 aliphatic rings. The van der Waals surface area contributed by atoms with E-state index in [-0.39, 0.29) is 11.8 Å². The topological polar surface area (TPSA) is 70.8 Å². The Morgan fingerprint density at radius 1 is 1.26 bits per heavy atom. The van der Waals surface area contributed by atoms with Crippen molar-refractivity contribution in [2.75, 3.05) is 20.1 Å². The van der Waals surface area contributed by atoms with Crippen LogP contribution in [0, 0.1) is 0 Å². The number of carbonyl (C=O) groups excluding carboxylic acids is 2. The van der Waals surface area contributed by atoms with Gasteiger partial charge in [0.25, 0.3) is 5.91 Å². The number of hydrogen-bond acceptors (Lipinski definition) is 4. The molecule has 0 radical (unpaired) electrons. The van der Waals surface area contributed by atoms with Gasteiger partial charge >= 0.3 is 0 Å². The summed E-state index contributed by atoms with van der Waals surface area (Å²) in [5.74, 6) is -0.00481. The first-order valence-electron chi connectivity index (χ1n) is 7.99. The van der Waals surface area contributed by atoms with Gasteiger partial charge < -0.3 is 9.80 Å². The van der Waals surface area contributed by atoms with Crippen molar-refractivity contribution in [1.29, 1.82) is 0 Å². The van der Waals surface area contributed by atoms with E-state index in [1.54, 1.807) is 32.6 Å². The lowest BCUT2D eigenvalue weighted by molar-refractivity contribution is -0.144. The van der Waals surface area contributed by atoms with E-state index in [1.807, 2.05) is 7.05 Å². The predicted octanol–water partition coefficient (Wildman–Crippen LogP) is 0.956. The average molecular weight is 313 g/mol. The molecule has 2 amide bonds. The Morgan fingerprint density at radius 2 is 2.04 bits per heavy atom. The lowest BCUT2D eigenvalue weighted by Crippen LogP contribution is -2.60. The Morgan fingerprint density at radius 3 is 2.87 bits per heavy atom. The van der Waals surface area contributed by atoms with Crippen LogP contribution in [0.1, 0.15) is 36.0 Å². The van der Waals surface area contributed by atoms with E-state index in [0.717, 1.165) is 32.2 Å². The van der Waals surface area contributed by atoms with Crippen LogP contribution >= 0.6 is 0 Å². The molecule has 2 aliphatic heterocycles. The van der Waals surface area contributed by atoms with Crippen LogP contribution < -0.4 is 0 Å². The number of fused-ring (bicyclic) bond motifs is 1. The zero-order valence-electron chi connectivity index (χ0n) is 13.1. The first-order chi connectivity index (χ1) is 11.1. The number of carbonyl (C=O) groups is 2. The molecule has 4 heterocycles. The maximum atomic E-state index is 13.0. The molecular formula is C16H19N5O2. The summed E-state index contributed by atoms with van der Waals surface area (Å²) in [6.07, 6.45) is 6.52. The number of likely N-dealkylation sites (N-methyl/N-ethyl adjacent to an activating group) is 1.